The van der Waals surface area contributed by atoms with E-state index < -0.39 is 20.9 Å². The van der Waals surface area contributed by atoms with Gasteiger partial charge in [0.25, 0.3) is 5.91 Å². The van der Waals surface area contributed by atoms with Gasteiger partial charge in [-0.1, -0.05) is 11.6 Å². The Balaban J connectivity index is 2.08. The molecule has 0 aliphatic heterocycles. The van der Waals surface area contributed by atoms with Crippen molar-refractivity contribution in [2.75, 3.05) is 11.6 Å². The molecule has 0 atom stereocenters. The van der Waals surface area contributed by atoms with Crippen LogP contribution in [0.3, 0.4) is 0 Å². The molecule has 2 heterocycles. The van der Waals surface area contributed by atoms with Crippen molar-refractivity contribution in [2.24, 2.45) is 5.73 Å². The number of hydrogen-bond donors (Lipinski definition) is 2. The van der Waals surface area contributed by atoms with Gasteiger partial charge < -0.3 is 11.1 Å². The second kappa shape index (κ2) is 6.69. The molecule has 1 amide bonds. The van der Waals surface area contributed by atoms with E-state index in [1.807, 2.05) is 0 Å². The summed E-state index contributed by atoms with van der Waals surface area (Å²) in [6, 6.07) is 4.88. The Morgan fingerprint density at radius 2 is 1.96 bits per heavy atom. The zero-order valence-corrected chi connectivity index (χ0v) is 14.9. The van der Waals surface area contributed by atoms with Gasteiger partial charge in [-0.3, -0.25) is 4.79 Å². The molecule has 12 heteroatoms. The van der Waals surface area contributed by atoms with Gasteiger partial charge in [-0.15, -0.1) is 0 Å². The first-order valence-electron chi connectivity index (χ1n) is 7.06. The van der Waals surface area contributed by atoms with Crippen LogP contribution >= 0.6 is 11.6 Å². The zero-order chi connectivity index (χ0) is 18.9. The second-order valence-electron chi connectivity index (χ2n) is 5.16. The van der Waals surface area contributed by atoms with Crippen molar-refractivity contribution in [1.82, 2.24) is 25.0 Å². The molecule has 0 fully saturated rings. The SMILES string of the molecule is CS(=O)(=O)c1ncc(C(N)=O)c(Nc2cc(-n3nccn3)ccc2Cl)n1. The van der Waals surface area contributed by atoms with Crippen LogP contribution < -0.4 is 11.1 Å². The number of nitrogens with one attached hydrogen (secondary N) is 1. The molecule has 0 aliphatic rings. The minimum absolute atomic E-state index is 0.0830. The van der Waals surface area contributed by atoms with E-state index in [-0.39, 0.29) is 11.4 Å². The number of amides is 1. The maximum atomic E-state index is 11.7. The van der Waals surface area contributed by atoms with Crippen LogP contribution in [0.15, 0.2) is 41.9 Å². The van der Waals surface area contributed by atoms with Gasteiger partial charge in [0.2, 0.25) is 15.0 Å². The highest BCUT2D eigenvalue weighted by atomic mass is 35.5. The molecule has 0 saturated carbocycles. The Morgan fingerprint density at radius 3 is 2.58 bits per heavy atom. The molecule has 10 nitrogen and oxygen atoms in total. The highest BCUT2D eigenvalue weighted by Crippen LogP contribution is 2.28. The minimum Gasteiger partial charge on any atom is -0.365 e. The van der Waals surface area contributed by atoms with Crippen molar-refractivity contribution >= 4 is 38.9 Å². The van der Waals surface area contributed by atoms with Crippen LogP contribution in [0.5, 0.6) is 0 Å². The van der Waals surface area contributed by atoms with Crippen LogP contribution in [0, 0.1) is 0 Å². The van der Waals surface area contributed by atoms with Gasteiger partial charge >= 0.3 is 0 Å². The normalized spacial score (nSPS) is 11.3. The molecule has 1 aromatic carbocycles. The Labute approximate surface area is 152 Å². The number of aromatic nitrogens is 5. The summed E-state index contributed by atoms with van der Waals surface area (Å²) in [5.41, 5.74) is 6.15. The first-order chi connectivity index (χ1) is 12.3. The lowest BCUT2D eigenvalue weighted by Crippen LogP contribution is -2.17. The van der Waals surface area contributed by atoms with Gasteiger partial charge in [-0.05, 0) is 18.2 Å². The Bertz CT molecular complexity index is 1080. The fourth-order valence-corrected chi connectivity index (χ4v) is 2.70. The van der Waals surface area contributed by atoms with E-state index >= 15 is 0 Å². The number of halogens is 1. The van der Waals surface area contributed by atoms with Crippen molar-refractivity contribution in [3.8, 4) is 5.69 Å². The molecule has 26 heavy (non-hydrogen) atoms. The lowest BCUT2D eigenvalue weighted by molar-refractivity contribution is 0.1000. The fraction of sp³-hybridized carbons (Fsp3) is 0.0714. The van der Waals surface area contributed by atoms with E-state index in [0.717, 1.165) is 12.5 Å². The van der Waals surface area contributed by atoms with E-state index in [2.05, 4.69) is 25.5 Å². The molecule has 3 aromatic rings. The molecule has 3 N–H and O–H groups in total. The molecular weight excluding hydrogens is 382 g/mol. The first-order valence-corrected chi connectivity index (χ1v) is 9.33. The maximum absolute atomic E-state index is 11.7. The lowest BCUT2D eigenvalue weighted by atomic mass is 10.2. The molecule has 3 rings (SSSR count). The number of nitrogens with zero attached hydrogens (tertiary/aromatic N) is 5. The number of benzene rings is 1. The van der Waals surface area contributed by atoms with Crippen LogP contribution in [0.25, 0.3) is 5.69 Å². The van der Waals surface area contributed by atoms with Gasteiger partial charge in [0.15, 0.2) is 0 Å². The zero-order valence-electron chi connectivity index (χ0n) is 13.3. The third kappa shape index (κ3) is 3.63. The van der Waals surface area contributed by atoms with Crippen LogP contribution in [-0.2, 0) is 9.84 Å². The highest BCUT2D eigenvalue weighted by Gasteiger charge is 2.18. The topological polar surface area (TPSA) is 146 Å². The molecule has 0 bridgehead atoms. The summed E-state index contributed by atoms with van der Waals surface area (Å²) < 4.78 is 23.4. The highest BCUT2D eigenvalue weighted by molar-refractivity contribution is 7.90. The molecule has 0 radical (unpaired) electrons. The summed E-state index contributed by atoms with van der Waals surface area (Å²) in [5, 5.41) is 10.7. The van der Waals surface area contributed by atoms with E-state index in [4.69, 9.17) is 17.3 Å². The number of carbonyl (C=O) groups is 1. The van der Waals surface area contributed by atoms with E-state index in [1.165, 1.54) is 17.2 Å². The molecule has 0 aliphatic carbocycles. The standard InChI is InChI=1S/C14H12ClN7O3S/c1-26(24,25)14-17-7-9(12(16)23)13(21-14)20-11-6-8(2-3-10(11)15)22-18-4-5-19-22/h2-7H,1H3,(H2,16,23)(H,17,20,21). The molecule has 0 spiro atoms. The predicted octanol–water partition coefficient (Wildman–Crippen LogP) is 0.957. The van der Waals surface area contributed by atoms with Gasteiger partial charge in [-0.25, -0.2) is 13.4 Å². The van der Waals surface area contributed by atoms with Crippen molar-refractivity contribution < 1.29 is 13.2 Å². The van der Waals surface area contributed by atoms with Crippen LogP contribution in [-0.4, -0.2) is 45.5 Å². The van der Waals surface area contributed by atoms with E-state index in [0.29, 0.717) is 16.4 Å². The number of sulfone groups is 1. The second-order valence-corrected chi connectivity index (χ2v) is 7.48. The molecule has 0 saturated heterocycles. The maximum Gasteiger partial charge on any atom is 0.254 e. The van der Waals surface area contributed by atoms with Crippen molar-refractivity contribution in [3.05, 3.63) is 47.4 Å². The summed E-state index contributed by atoms with van der Waals surface area (Å²) in [7, 11) is -3.69. The average molecular weight is 394 g/mol. The average Bonchev–Trinajstić information content (AvgIpc) is 3.10. The lowest BCUT2D eigenvalue weighted by Gasteiger charge is -2.12. The Kier molecular flexibility index (Phi) is 4.57. The Hall–Kier alpha value is -3.05. The van der Waals surface area contributed by atoms with Gasteiger partial charge in [-0.2, -0.15) is 20.0 Å². The van der Waals surface area contributed by atoms with Crippen LogP contribution in [0.2, 0.25) is 5.02 Å². The Morgan fingerprint density at radius 1 is 1.27 bits per heavy atom. The molecule has 2 aromatic heterocycles. The van der Waals surface area contributed by atoms with E-state index in [1.54, 1.807) is 18.2 Å². The van der Waals surface area contributed by atoms with Gasteiger partial charge in [0.1, 0.15) is 11.4 Å². The molecular formula is C14H12ClN7O3S. The van der Waals surface area contributed by atoms with E-state index in [9.17, 15) is 13.2 Å². The summed E-state index contributed by atoms with van der Waals surface area (Å²) in [6.45, 7) is 0. The third-order valence-electron chi connectivity index (χ3n) is 3.22. The predicted molar refractivity (Wildman–Crippen MR) is 93.3 cm³/mol. The van der Waals surface area contributed by atoms with Crippen molar-refractivity contribution in [3.63, 3.8) is 0 Å². The number of rotatable bonds is 5. The number of anilines is 2. The number of nitrogens with two attached hydrogens (primary N) is 1. The van der Waals surface area contributed by atoms with Crippen molar-refractivity contribution in [2.45, 2.75) is 5.16 Å². The number of primary amides is 1. The summed E-state index contributed by atoms with van der Waals surface area (Å²) >= 11 is 6.18. The summed E-state index contributed by atoms with van der Waals surface area (Å²) in [6.07, 6.45) is 5.01. The quantitative estimate of drug-likeness (QED) is 0.609. The molecule has 0 unspecified atom stereocenters. The smallest absolute Gasteiger partial charge is 0.254 e. The third-order valence-corrected chi connectivity index (χ3v) is 4.41. The summed E-state index contributed by atoms with van der Waals surface area (Å²) in [5.74, 6) is -0.908. The number of carbonyl (C=O) groups excluding carboxylic acids is 1. The minimum atomic E-state index is -3.69. The van der Waals surface area contributed by atoms with Crippen LogP contribution in [0.4, 0.5) is 11.5 Å². The largest absolute Gasteiger partial charge is 0.365 e. The van der Waals surface area contributed by atoms with Gasteiger partial charge in [0, 0.05) is 12.5 Å². The monoisotopic (exact) mass is 393 g/mol. The number of hydrogen-bond acceptors (Lipinski definition) is 8. The fourth-order valence-electron chi connectivity index (χ4n) is 2.03. The molecule has 134 valence electrons. The van der Waals surface area contributed by atoms with Crippen LogP contribution in [0.1, 0.15) is 10.4 Å². The van der Waals surface area contributed by atoms with Gasteiger partial charge in [0.05, 0.1) is 28.8 Å². The van der Waals surface area contributed by atoms with Crippen molar-refractivity contribution in [1.29, 1.82) is 0 Å². The summed E-state index contributed by atoms with van der Waals surface area (Å²) in [4.78, 5) is 20.5. The first kappa shape index (κ1) is 17.8.